The lowest BCUT2D eigenvalue weighted by Crippen LogP contribution is -2.22. The van der Waals surface area contributed by atoms with Gasteiger partial charge in [0.1, 0.15) is 0 Å². The SMILES string of the molecule is Cc1cc(C)nc(Nc2cccc(C(=O)NCc3ccccc3)c2)n1. The van der Waals surface area contributed by atoms with Crippen LogP contribution in [0.2, 0.25) is 0 Å². The summed E-state index contributed by atoms with van der Waals surface area (Å²) in [6.45, 7) is 4.35. The fourth-order valence-corrected chi connectivity index (χ4v) is 2.53. The van der Waals surface area contributed by atoms with E-state index in [1.54, 1.807) is 12.1 Å². The molecule has 3 aromatic rings. The zero-order valence-corrected chi connectivity index (χ0v) is 14.3. The van der Waals surface area contributed by atoms with Gasteiger partial charge in [-0.25, -0.2) is 9.97 Å². The van der Waals surface area contributed by atoms with Crippen molar-refractivity contribution in [2.75, 3.05) is 5.32 Å². The predicted molar refractivity (Wildman–Crippen MR) is 98.8 cm³/mol. The van der Waals surface area contributed by atoms with Gasteiger partial charge < -0.3 is 10.6 Å². The third-order valence-electron chi connectivity index (χ3n) is 3.66. The van der Waals surface area contributed by atoms with Gasteiger partial charge in [-0.3, -0.25) is 4.79 Å². The molecular formula is C20H20N4O. The van der Waals surface area contributed by atoms with Crippen LogP contribution in [0.4, 0.5) is 11.6 Å². The number of aryl methyl sites for hydroxylation is 2. The van der Waals surface area contributed by atoms with E-state index < -0.39 is 0 Å². The number of hydrogen-bond donors (Lipinski definition) is 2. The molecule has 0 fully saturated rings. The number of aromatic nitrogens is 2. The van der Waals surface area contributed by atoms with Gasteiger partial charge >= 0.3 is 0 Å². The topological polar surface area (TPSA) is 66.9 Å². The molecule has 5 heteroatoms. The van der Waals surface area contributed by atoms with Gasteiger partial charge in [-0.05, 0) is 43.7 Å². The van der Waals surface area contributed by atoms with Crippen molar-refractivity contribution in [3.05, 3.63) is 83.2 Å². The van der Waals surface area contributed by atoms with Crippen molar-refractivity contribution in [3.8, 4) is 0 Å². The molecule has 0 aliphatic heterocycles. The standard InChI is InChI=1S/C20H20N4O/c1-14-11-15(2)23-20(22-14)24-18-10-6-9-17(12-18)19(25)21-13-16-7-4-3-5-8-16/h3-12H,13H2,1-2H3,(H,21,25)(H,22,23,24). The van der Waals surface area contributed by atoms with Crippen molar-refractivity contribution in [2.24, 2.45) is 0 Å². The number of anilines is 2. The number of nitrogens with one attached hydrogen (secondary N) is 2. The molecule has 0 unspecified atom stereocenters. The normalized spacial score (nSPS) is 10.3. The van der Waals surface area contributed by atoms with E-state index in [2.05, 4.69) is 20.6 Å². The molecule has 0 atom stereocenters. The van der Waals surface area contributed by atoms with E-state index in [4.69, 9.17) is 0 Å². The molecule has 0 saturated heterocycles. The molecule has 2 N–H and O–H groups in total. The summed E-state index contributed by atoms with van der Waals surface area (Å²) in [5.41, 5.74) is 4.22. The van der Waals surface area contributed by atoms with E-state index in [0.717, 1.165) is 22.6 Å². The Hall–Kier alpha value is -3.21. The second-order valence-electron chi connectivity index (χ2n) is 5.85. The second-order valence-corrected chi connectivity index (χ2v) is 5.85. The van der Waals surface area contributed by atoms with E-state index in [0.29, 0.717) is 18.1 Å². The van der Waals surface area contributed by atoms with Crippen molar-refractivity contribution in [1.82, 2.24) is 15.3 Å². The lowest BCUT2D eigenvalue weighted by molar-refractivity contribution is 0.0951. The van der Waals surface area contributed by atoms with Gasteiger partial charge in [-0.1, -0.05) is 36.4 Å². The first-order valence-electron chi connectivity index (χ1n) is 8.12. The third kappa shape index (κ3) is 4.64. The van der Waals surface area contributed by atoms with Crippen LogP contribution in [-0.2, 0) is 6.54 Å². The van der Waals surface area contributed by atoms with Gasteiger partial charge in [0.2, 0.25) is 5.95 Å². The lowest BCUT2D eigenvalue weighted by atomic mass is 10.1. The number of rotatable bonds is 5. The third-order valence-corrected chi connectivity index (χ3v) is 3.66. The quantitative estimate of drug-likeness (QED) is 0.746. The zero-order valence-electron chi connectivity index (χ0n) is 14.3. The van der Waals surface area contributed by atoms with E-state index in [1.807, 2.05) is 62.4 Å². The summed E-state index contributed by atoms with van der Waals surface area (Å²) in [5.74, 6) is 0.410. The molecule has 0 bridgehead atoms. The molecule has 1 heterocycles. The number of carbonyl (C=O) groups is 1. The molecule has 1 aromatic heterocycles. The van der Waals surface area contributed by atoms with Crippen LogP contribution in [-0.4, -0.2) is 15.9 Å². The summed E-state index contributed by atoms with van der Waals surface area (Å²) in [4.78, 5) is 21.1. The molecule has 126 valence electrons. The Labute approximate surface area is 147 Å². The van der Waals surface area contributed by atoms with Crippen LogP contribution in [0, 0.1) is 13.8 Å². The summed E-state index contributed by atoms with van der Waals surface area (Å²) in [7, 11) is 0. The molecule has 0 aliphatic carbocycles. The average Bonchev–Trinajstić information content (AvgIpc) is 2.60. The van der Waals surface area contributed by atoms with Crippen molar-refractivity contribution in [1.29, 1.82) is 0 Å². The Kier molecular flexibility index (Phi) is 5.04. The fourth-order valence-electron chi connectivity index (χ4n) is 2.53. The van der Waals surface area contributed by atoms with E-state index in [9.17, 15) is 4.79 Å². The Morgan fingerprint density at radius 2 is 1.64 bits per heavy atom. The van der Waals surface area contributed by atoms with Gasteiger partial charge in [0.15, 0.2) is 0 Å². The van der Waals surface area contributed by atoms with Crippen LogP contribution in [0.1, 0.15) is 27.3 Å². The highest BCUT2D eigenvalue weighted by molar-refractivity contribution is 5.95. The largest absolute Gasteiger partial charge is 0.348 e. The monoisotopic (exact) mass is 332 g/mol. The van der Waals surface area contributed by atoms with Gasteiger partial charge in [-0.2, -0.15) is 0 Å². The van der Waals surface area contributed by atoms with Crippen LogP contribution in [0.25, 0.3) is 0 Å². The maximum Gasteiger partial charge on any atom is 0.251 e. The van der Waals surface area contributed by atoms with E-state index in [1.165, 1.54) is 0 Å². The molecule has 0 aliphatic rings. The van der Waals surface area contributed by atoms with E-state index in [-0.39, 0.29) is 5.91 Å². The maximum absolute atomic E-state index is 12.4. The van der Waals surface area contributed by atoms with Crippen LogP contribution in [0.5, 0.6) is 0 Å². The van der Waals surface area contributed by atoms with Gasteiger partial charge in [0, 0.05) is 29.2 Å². The summed E-state index contributed by atoms with van der Waals surface area (Å²) in [6.07, 6.45) is 0. The highest BCUT2D eigenvalue weighted by Crippen LogP contribution is 2.16. The summed E-state index contributed by atoms with van der Waals surface area (Å²) < 4.78 is 0. The highest BCUT2D eigenvalue weighted by atomic mass is 16.1. The summed E-state index contributed by atoms with van der Waals surface area (Å²) >= 11 is 0. The summed E-state index contributed by atoms with van der Waals surface area (Å²) in [6, 6.07) is 19.0. The van der Waals surface area contributed by atoms with E-state index >= 15 is 0 Å². The number of hydrogen-bond acceptors (Lipinski definition) is 4. The Bertz CT molecular complexity index is 858. The number of nitrogens with zero attached hydrogens (tertiary/aromatic N) is 2. The number of amides is 1. The molecule has 0 saturated carbocycles. The average molecular weight is 332 g/mol. The lowest BCUT2D eigenvalue weighted by Gasteiger charge is -2.09. The van der Waals surface area contributed by atoms with Gasteiger partial charge in [0.05, 0.1) is 0 Å². The number of carbonyl (C=O) groups excluding carboxylic acids is 1. The van der Waals surface area contributed by atoms with Crippen LogP contribution in [0.3, 0.4) is 0 Å². The molecule has 0 spiro atoms. The molecule has 5 nitrogen and oxygen atoms in total. The first kappa shape index (κ1) is 16.6. The predicted octanol–water partition coefficient (Wildman–Crippen LogP) is 3.77. The van der Waals surface area contributed by atoms with Crippen molar-refractivity contribution >= 4 is 17.5 Å². The first-order valence-corrected chi connectivity index (χ1v) is 8.12. The Balaban J connectivity index is 1.69. The minimum absolute atomic E-state index is 0.117. The molecule has 25 heavy (non-hydrogen) atoms. The Morgan fingerprint density at radius 1 is 0.920 bits per heavy atom. The van der Waals surface area contributed by atoms with Crippen molar-refractivity contribution < 1.29 is 4.79 Å². The molecule has 0 radical (unpaired) electrons. The van der Waals surface area contributed by atoms with Gasteiger partial charge in [0.25, 0.3) is 5.91 Å². The fraction of sp³-hybridized carbons (Fsp3) is 0.150. The summed E-state index contributed by atoms with van der Waals surface area (Å²) in [5, 5.41) is 6.08. The smallest absolute Gasteiger partial charge is 0.251 e. The van der Waals surface area contributed by atoms with Crippen LogP contribution >= 0.6 is 0 Å². The molecule has 1 amide bonds. The molecule has 3 rings (SSSR count). The number of benzene rings is 2. The van der Waals surface area contributed by atoms with Crippen LogP contribution in [0.15, 0.2) is 60.7 Å². The molecule has 2 aromatic carbocycles. The minimum atomic E-state index is -0.117. The van der Waals surface area contributed by atoms with Gasteiger partial charge in [-0.15, -0.1) is 0 Å². The second kappa shape index (κ2) is 7.57. The first-order chi connectivity index (χ1) is 12.1. The zero-order chi connectivity index (χ0) is 17.6. The van der Waals surface area contributed by atoms with Crippen LogP contribution < -0.4 is 10.6 Å². The molecular weight excluding hydrogens is 312 g/mol. The maximum atomic E-state index is 12.4. The Morgan fingerprint density at radius 3 is 2.36 bits per heavy atom. The highest BCUT2D eigenvalue weighted by Gasteiger charge is 2.07. The van der Waals surface area contributed by atoms with Crippen molar-refractivity contribution in [3.63, 3.8) is 0 Å². The minimum Gasteiger partial charge on any atom is -0.348 e. The van der Waals surface area contributed by atoms with Crippen molar-refractivity contribution in [2.45, 2.75) is 20.4 Å².